The number of ketones is 1. The van der Waals surface area contributed by atoms with E-state index in [1.807, 2.05) is 43.4 Å². The molecule has 27 heavy (non-hydrogen) atoms. The van der Waals surface area contributed by atoms with E-state index in [1.54, 1.807) is 24.1 Å². The summed E-state index contributed by atoms with van der Waals surface area (Å²) in [6.07, 6.45) is 1.28. The summed E-state index contributed by atoms with van der Waals surface area (Å²) in [6, 6.07) is 15.2. The number of hydrogen-bond acceptors (Lipinski definition) is 3. The Hall–Kier alpha value is -2.33. The molecule has 1 heterocycles. The third-order valence-corrected chi connectivity index (χ3v) is 5.50. The van der Waals surface area contributed by atoms with Crippen LogP contribution in [0.4, 0.5) is 0 Å². The van der Waals surface area contributed by atoms with E-state index in [4.69, 9.17) is 16.3 Å². The molecule has 1 aliphatic heterocycles. The van der Waals surface area contributed by atoms with Crippen LogP contribution in [0, 0.1) is 5.92 Å². The van der Waals surface area contributed by atoms with E-state index < -0.39 is 0 Å². The predicted molar refractivity (Wildman–Crippen MR) is 106 cm³/mol. The summed E-state index contributed by atoms with van der Waals surface area (Å²) in [4.78, 5) is 26.7. The highest BCUT2D eigenvalue weighted by atomic mass is 35.5. The summed E-state index contributed by atoms with van der Waals surface area (Å²) >= 11 is 5.91. The lowest BCUT2D eigenvalue weighted by Gasteiger charge is -2.36. The molecule has 1 aliphatic rings. The Morgan fingerprint density at radius 1 is 1.15 bits per heavy atom. The Morgan fingerprint density at radius 3 is 2.44 bits per heavy atom. The molecule has 0 radical (unpaired) electrons. The van der Waals surface area contributed by atoms with Crippen molar-refractivity contribution in [1.82, 2.24) is 4.90 Å². The maximum Gasteiger partial charge on any atom is 0.222 e. The van der Waals surface area contributed by atoms with Gasteiger partial charge in [0.25, 0.3) is 0 Å². The van der Waals surface area contributed by atoms with Gasteiger partial charge in [0, 0.05) is 37.9 Å². The highest BCUT2D eigenvalue weighted by Gasteiger charge is 2.34. The summed E-state index contributed by atoms with van der Waals surface area (Å²) in [5.41, 5.74) is 2.05. The average molecular weight is 386 g/mol. The predicted octanol–water partition coefficient (Wildman–Crippen LogP) is 4.11. The Kier molecular flexibility index (Phi) is 6.17. The number of piperidine rings is 1. The molecule has 2 atom stereocenters. The summed E-state index contributed by atoms with van der Waals surface area (Å²) < 4.78 is 5.22. The molecule has 3 rings (SSSR count). The van der Waals surface area contributed by atoms with Crippen molar-refractivity contribution in [2.45, 2.75) is 25.2 Å². The van der Waals surface area contributed by atoms with Gasteiger partial charge in [-0.2, -0.15) is 0 Å². The van der Waals surface area contributed by atoms with Gasteiger partial charge < -0.3 is 9.64 Å². The van der Waals surface area contributed by atoms with Gasteiger partial charge in [0.05, 0.1) is 7.11 Å². The van der Waals surface area contributed by atoms with E-state index >= 15 is 0 Å². The molecule has 0 N–H and O–H groups in total. The van der Waals surface area contributed by atoms with Crippen LogP contribution < -0.4 is 4.74 Å². The molecular formula is C22H24ClNO3. The van der Waals surface area contributed by atoms with Gasteiger partial charge in [-0.05, 0) is 47.2 Å². The fourth-order valence-electron chi connectivity index (χ4n) is 3.73. The van der Waals surface area contributed by atoms with Gasteiger partial charge in [-0.25, -0.2) is 0 Å². The highest BCUT2D eigenvalue weighted by molar-refractivity contribution is 6.30. The van der Waals surface area contributed by atoms with E-state index in [-0.39, 0.29) is 23.5 Å². The quantitative estimate of drug-likeness (QED) is 0.751. The Labute approximate surface area is 165 Å². The van der Waals surface area contributed by atoms with Gasteiger partial charge in [-0.3, -0.25) is 9.59 Å². The molecule has 5 heteroatoms. The zero-order valence-corrected chi connectivity index (χ0v) is 16.4. The topological polar surface area (TPSA) is 46.6 Å². The first kappa shape index (κ1) is 19.4. The number of halogens is 1. The van der Waals surface area contributed by atoms with E-state index in [2.05, 4.69) is 0 Å². The van der Waals surface area contributed by atoms with Gasteiger partial charge in [-0.1, -0.05) is 35.9 Å². The van der Waals surface area contributed by atoms with Gasteiger partial charge in [0.1, 0.15) is 11.5 Å². The number of Topliss-reactive ketones (excluding diaryl/α,β-unsaturated/α-hetero) is 1. The third kappa shape index (κ3) is 4.89. The smallest absolute Gasteiger partial charge is 0.222 e. The molecule has 0 aromatic heterocycles. The second-order valence-corrected chi connectivity index (χ2v) is 7.60. The molecule has 2 aromatic rings. The number of likely N-dealkylation sites (tertiary alicyclic amines) is 1. The summed E-state index contributed by atoms with van der Waals surface area (Å²) in [5.74, 6) is 1.25. The number of methoxy groups -OCH3 is 1. The standard InChI is InChI=1S/C22H24ClNO3/c1-24-14-17(12-19(25)11-15-3-7-18(23)8-4-15)21(13-22(24)26)16-5-9-20(27-2)10-6-16/h3-10,17,21H,11-14H2,1-2H3/t17-,21?/m1/s1. The molecule has 1 unspecified atom stereocenters. The minimum Gasteiger partial charge on any atom is -0.497 e. The Balaban J connectivity index is 1.73. The molecule has 2 aromatic carbocycles. The zero-order chi connectivity index (χ0) is 19.4. The van der Waals surface area contributed by atoms with Crippen molar-refractivity contribution in [2.75, 3.05) is 20.7 Å². The minimum absolute atomic E-state index is 0.0498. The lowest BCUT2D eigenvalue weighted by Crippen LogP contribution is -2.42. The van der Waals surface area contributed by atoms with Crippen LogP contribution in [0.1, 0.15) is 29.9 Å². The van der Waals surface area contributed by atoms with Gasteiger partial charge in [-0.15, -0.1) is 0 Å². The normalized spacial score (nSPS) is 19.8. The van der Waals surface area contributed by atoms with E-state index in [0.717, 1.165) is 16.9 Å². The number of carbonyl (C=O) groups is 2. The fourth-order valence-corrected chi connectivity index (χ4v) is 3.86. The molecule has 0 spiro atoms. The molecule has 0 saturated carbocycles. The molecule has 142 valence electrons. The molecule has 1 saturated heterocycles. The van der Waals surface area contributed by atoms with E-state index in [1.165, 1.54) is 0 Å². The Morgan fingerprint density at radius 2 is 1.81 bits per heavy atom. The maximum absolute atomic E-state index is 12.7. The lowest BCUT2D eigenvalue weighted by atomic mass is 9.77. The Bertz CT molecular complexity index is 801. The van der Waals surface area contributed by atoms with Crippen molar-refractivity contribution in [3.05, 3.63) is 64.7 Å². The molecule has 1 fully saturated rings. The summed E-state index contributed by atoms with van der Waals surface area (Å²) in [7, 11) is 3.44. The van der Waals surface area contributed by atoms with Gasteiger partial charge in [0.15, 0.2) is 0 Å². The maximum atomic E-state index is 12.7. The molecule has 0 aliphatic carbocycles. The van der Waals surface area contributed by atoms with Crippen molar-refractivity contribution >= 4 is 23.3 Å². The van der Waals surface area contributed by atoms with E-state index in [0.29, 0.717) is 30.8 Å². The SMILES string of the molecule is COc1ccc(C2CC(=O)N(C)C[C@H]2CC(=O)Cc2ccc(Cl)cc2)cc1. The molecule has 4 nitrogen and oxygen atoms in total. The zero-order valence-electron chi connectivity index (χ0n) is 15.7. The number of amides is 1. The highest BCUT2D eigenvalue weighted by Crippen LogP contribution is 2.36. The van der Waals surface area contributed by atoms with Gasteiger partial charge in [0.2, 0.25) is 5.91 Å². The van der Waals surface area contributed by atoms with Crippen molar-refractivity contribution < 1.29 is 14.3 Å². The summed E-state index contributed by atoms with van der Waals surface area (Å²) in [5, 5.41) is 0.665. The first-order valence-corrected chi connectivity index (χ1v) is 9.48. The monoisotopic (exact) mass is 385 g/mol. The molecule has 0 bridgehead atoms. The van der Waals surface area contributed by atoms with Crippen LogP contribution in [0.25, 0.3) is 0 Å². The first-order chi connectivity index (χ1) is 13.0. The number of rotatable bonds is 6. The fraction of sp³-hybridized carbons (Fsp3) is 0.364. The minimum atomic E-state index is 0.0498. The second-order valence-electron chi connectivity index (χ2n) is 7.16. The van der Waals surface area contributed by atoms with Crippen molar-refractivity contribution in [3.8, 4) is 5.75 Å². The van der Waals surface area contributed by atoms with Crippen molar-refractivity contribution in [3.63, 3.8) is 0 Å². The van der Waals surface area contributed by atoms with Crippen LogP contribution in [-0.2, 0) is 16.0 Å². The van der Waals surface area contributed by atoms with E-state index in [9.17, 15) is 9.59 Å². The van der Waals surface area contributed by atoms with Crippen LogP contribution in [0.3, 0.4) is 0 Å². The third-order valence-electron chi connectivity index (χ3n) is 5.25. The van der Waals surface area contributed by atoms with Gasteiger partial charge >= 0.3 is 0 Å². The number of hydrogen-bond donors (Lipinski definition) is 0. The number of nitrogens with zero attached hydrogens (tertiary/aromatic N) is 1. The van der Waals surface area contributed by atoms with Crippen LogP contribution in [0.5, 0.6) is 5.75 Å². The number of ether oxygens (including phenoxy) is 1. The van der Waals surface area contributed by atoms with Crippen LogP contribution in [-0.4, -0.2) is 37.3 Å². The van der Waals surface area contributed by atoms with Crippen LogP contribution in [0.2, 0.25) is 5.02 Å². The molecular weight excluding hydrogens is 362 g/mol. The lowest BCUT2D eigenvalue weighted by molar-refractivity contribution is -0.135. The first-order valence-electron chi connectivity index (χ1n) is 9.10. The van der Waals surface area contributed by atoms with Crippen molar-refractivity contribution in [2.24, 2.45) is 5.92 Å². The summed E-state index contributed by atoms with van der Waals surface area (Å²) in [6.45, 7) is 0.599. The average Bonchev–Trinajstić information content (AvgIpc) is 2.66. The van der Waals surface area contributed by atoms with Crippen LogP contribution in [0.15, 0.2) is 48.5 Å². The molecule has 1 amide bonds. The number of carbonyl (C=O) groups excluding carboxylic acids is 2. The second kappa shape index (κ2) is 8.57. The largest absolute Gasteiger partial charge is 0.497 e. The van der Waals surface area contributed by atoms with Crippen LogP contribution >= 0.6 is 11.6 Å². The number of benzene rings is 2. The van der Waals surface area contributed by atoms with Crippen molar-refractivity contribution in [1.29, 1.82) is 0 Å².